The number of alkyl carbamates (subject to hydrolysis) is 1. The van der Waals surface area contributed by atoms with Gasteiger partial charge in [0.2, 0.25) is 11.4 Å². The van der Waals surface area contributed by atoms with Crippen LogP contribution in [0.25, 0.3) is 0 Å². The minimum Gasteiger partial charge on any atom is -0.466 e. The van der Waals surface area contributed by atoms with Gasteiger partial charge in [0.25, 0.3) is 0 Å². The Morgan fingerprint density at radius 2 is 2.00 bits per heavy atom. The van der Waals surface area contributed by atoms with E-state index >= 15 is 0 Å². The van der Waals surface area contributed by atoms with Crippen LogP contribution in [0.2, 0.25) is 0 Å². The van der Waals surface area contributed by atoms with Crippen molar-refractivity contribution in [3.8, 4) is 11.8 Å². The first-order valence-electron chi connectivity index (χ1n) is 8.30. The molecular formula is C19H22N2O5. The molecule has 0 aromatic carbocycles. The van der Waals surface area contributed by atoms with Crippen molar-refractivity contribution in [2.45, 2.75) is 31.2 Å². The Labute approximate surface area is 152 Å². The quantitative estimate of drug-likeness (QED) is 0.610. The van der Waals surface area contributed by atoms with E-state index in [1.807, 2.05) is 24.3 Å². The third kappa shape index (κ3) is 4.76. The molecule has 1 unspecified atom stereocenters. The summed E-state index contributed by atoms with van der Waals surface area (Å²) in [5.74, 6) is 4.83. The third-order valence-electron chi connectivity index (χ3n) is 4.02. The van der Waals surface area contributed by atoms with Crippen LogP contribution in [0.15, 0.2) is 36.1 Å². The molecule has 0 aromatic heterocycles. The highest BCUT2D eigenvalue weighted by molar-refractivity contribution is 5.91. The molecule has 138 valence electrons. The monoisotopic (exact) mass is 358 g/mol. The summed E-state index contributed by atoms with van der Waals surface area (Å²) < 4.78 is 9.51. The van der Waals surface area contributed by atoms with Gasteiger partial charge in [-0.05, 0) is 19.3 Å². The predicted octanol–water partition coefficient (Wildman–Crippen LogP) is 1.67. The average molecular weight is 358 g/mol. The van der Waals surface area contributed by atoms with Crippen LogP contribution in [0.5, 0.6) is 0 Å². The molecule has 0 saturated heterocycles. The number of hydrogen-bond acceptors (Lipinski definition) is 5. The fourth-order valence-electron chi connectivity index (χ4n) is 2.60. The van der Waals surface area contributed by atoms with Crippen molar-refractivity contribution in [1.29, 1.82) is 0 Å². The number of hydrogen-bond donors (Lipinski definition) is 1. The van der Waals surface area contributed by atoms with Crippen LogP contribution < -0.4 is 5.32 Å². The molecule has 2 amide bonds. The van der Waals surface area contributed by atoms with Crippen LogP contribution in [0, 0.1) is 11.8 Å². The van der Waals surface area contributed by atoms with Gasteiger partial charge >= 0.3 is 12.1 Å². The number of rotatable bonds is 4. The molecule has 0 saturated carbocycles. The zero-order valence-corrected chi connectivity index (χ0v) is 14.9. The Balaban J connectivity index is 2.41. The fraction of sp³-hybridized carbons (Fsp3) is 0.421. The van der Waals surface area contributed by atoms with Crippen molar-refractivity contribution in [3.63, 3.8) is 0 Å². The van der Waals surface area contributed by atoms with E-state index in [0.29, 0.717) is 12.8 Å². The van der Waals surface area contributed by atoms with E-state index in [0.717, 1.165) is 18.4 Å². The highest BCUT2D eigenvalue weighted by Gasteiger charge is 2.43. The number of amides is 2. The van der Waals surface area contributed by atoms with Gasteiger partial charge in [-0.1, -0.05) is 36.1 Å². The molecule has 0 radical (unpaired) electrons. The topological polar surface area (TPSA) is 84.9 Å². The second-order valence-electron chi connectivity index (χ2n) is 5.87. The summed E-state index contributed by atoms with van der Waals surface area (Å²) in [5, 5.41) is 2.46. The van der Waals surface area contributed by atoms with E-state index in [1.54, 1.807) is 6.20 Å². The van der Waals surface area contributed by atoms with Crippen molar-refractivity contribution in [3.05, 3.63) is 36.1 Å². The van der Waals surface area contributed by atoms with Gasteiger partial charge in [-0.3, -0.25) is 10.1 Å². The summed E-state index contributed by atoms with van der Waals surface area (Å²) in [7, 11) is 2.39. The molecule has 7 heteroatoms. The highest BCUT2D eigenvalue weighted by Crippen LogP contribution is 2.17. The Morgan fingerprint density at radius 3 is 2.62 bits per heavy atom. The Morgan fingerprint density at radius 1 is 1.23 bits per heavy atom. The fourth-order valence-corrected chi connectivity index (χ4v) is 2.60. The lowest BCUT2D eigenvalue weighted by atomic mass is 9.96. The van der Waals surface area contributed by atoms with E-state index in [4.69, 9.17) is 4.74 Å². The molecular weight excluding hydrogens is 336 g/mol. The Kier molecular flexibility index (Phi) is 6.61. The van der Waals surface area contributed by atoms with Crippen molar-refractivity contribution < 1.29 is 23.9 Å². The summed E-state index contributed by atoms with van der Waals surface area (Å²) in [6, 6.07) is 0. The van der Waals surface area contributed by atoms with Crippen LogP contribution in [0.4, 0.5) is 4.79 Å². The molecule has 0 fully saturated rings. The number of methoxy groups -OCH3 is 2. The first-order chi connectivity index (χ1) is 12.5. The molecule has 1 heterocycles. The van der Waals surface area contributed by atoms with Gasteiger partial charge in [0.05, 0.1) is 20.8 Å². The SMILES string of the molecule is COC(=O)NC(C#CC1=CC=CCC1)(CN1C=CCCC1=O)C(=O)OC. The molecule has 1 aliphatic carbocycles. The molecule has 2 rings (SSSR count). The molecule has 1 atom stereocenters. The van der Waals surface area contributed by atoms with Gasteiger partial charge in [0, 0.05) is 18.2 Å². The molecule has 0 bridgehead atoms. The number of nitrogens with one attached hydrogen (secondary N) is 1. The summed E-state index contributed by atoms with van der Waals surface area (Å²) in [6.07, 6.45) is 10.9. The number of carbonyl (C=O) groups is 3. The Bertz CT molecular complexity index is 726. The van der Waals surface area contributed by atoms with E-state index in [1.165, 1.54) is 19.1 Å². The molecule has 0 aromatic rings. The molecule has 2 aliphatic rings. The second-order valence-corrected chi connectivity index (χ2v) is 5.87. The van der Waals surface area contributed by atoms with Crippen molar-refractivity contribution >= 4 is 18.0 Å². The number of allylic oxidation sites excluding steroid dienone is 5. The van der Waals surface area contributed by atoms with E-state index in [-0.39, 0.29) is 12.5 Å². The standard InChI is InChI=1S/C19H22N2O5/c1-25-17(23)19(20-18(24)26-2,12-11-15-8-4-3-5-9-15)14-21-13-7-6-10-16(21)22/h3-4,7-8,13H,5-6,9-10,14H2,1-2H3,(H,20,24). The van der Waals surface area contributed by atoms with Crippen LogP contribution in [0.3, 0.4) is 0 Å². The van der Waals surface area contributed by atoms with Gasteiger partial charge < -0.3 is 14.4 Å². The largest absolute Gasteiger partial charge is 0.466 e. The van der Waals surface area contributed by atoms with Gasteiger partial charge in [0.15, 0.2) is 0 Å². The van der Waals surface area contributed by atoms with E-state index in [9.17, 15) is 14.4 Å². The maximum absolute atomic E-state index is 12.5. The summed E-state index contributed by atoms with van der Waals surface area (Å²) in [4.78, 5) is 37.9. The van der Waals surface area contributed by atoms with Crippen molar-refractivity contribution in [1.82, 2.24) is 10.2 Å². The van der Waals surface area contributed by atoms with Crippen LogP contribution in [-0.4, -0.2) is 49.2 Å². The third-order valence-corrected chi connectivity index (χ3v) is 4.02. The van der Waals surface area contributed by atoms with Gasteiger partial charge in [-0.25, -0.2) is 9.59 Å². The maximum Gasteiger partial charge on any atom is 0.408 e. The van der Waals surface area contributed by atoms with Crippen LogP contribution in [-0.2, 0) is 19.1 Å². The molecule has 0 spiro atoms. The minimum absolute atomic E-state index is 0.158. The van der Waals surface area contributed by atoms with Crippen LogP contribution >= 0.6 is 0 Å². The van der Waals surface area contributed by atoms with E-state index < -0.39 is 17.6 Å². The number of nitrogens with zero attached hydrogens (tertiary/aromatic N) is 1. The Hall–Kier alpha value is -3.01. The second kappa shape index (κ2) is 8.90. The van der Waals surface area contributed by atoms with Crippen molar-refractivity contribution in [2.75, 3.05) is 20.8 Å². The lowest BCUT2D eigenvalue weighted by Gasteiger charge is -2.32. The summed E-state index contributed by atoms with van der Waals surface area (Å²) in [5.41, 5.74) is -0.908. The number of ether oxygens (including phenoxy) is 2. The van der Waals surface area contributed by atoms with Gasteiger partial charge in [-0.2, -0.15) is 0 Å². The number of esters is 1. The maximum atomic E-state index is 12.5. The van der Waals surface area contributed by atoms with Crippen molar-refractivity contribution in [2.24, 2.45) is 0 Å². The van der Waals surface area contributed by atoms with E-state index in [2.05, 4.69) is 21.9 Å². The molecule has 26 heavy (non-hydrogen) atoms. The summed E-state index contributed by atoms with van der Waals surface area (Å²) >= 11 is 0. The molecule has 7 nitrogen and oxygen atoms in total. The van der Waals surface area contributed by atoms with Gasteiger partial charge in [-0.15, -0.1) is 0 Å². The van der Waals surface area contributed by atoms with Gasteiger partial charge in [0.1, 0.15) is 0 Å². The number of carbonyl (C=O) groups excluding carboxylic acids is 3. The van der Waals surface area contributed by atoms with Crippen LogP contribution in [0.1, 0.15) is 25.7 Å². The minimum atomic E-state index is -1.73. The first-order valence-corrected chi connectivity index (χ1v) is 8.30. The average Bonchev–Trinajstić information content (AvgIpc) is 2.67. The lowest BCUT2D eigenvalue weighted by molar-refractivity contribution is -0.147. The summed E-state index contributed by atoms with van der Waals surface area (Å²) in [6.45, 7) is -0.166. The first kappa shape index (κ1) is 19.3. The molecule has 1 N–H and O–H groups in total. The smallest absolute Gasteiger partial charge is 0.408 e. The lowest BCUT2D eigenvalue weighted by Crippen LogP contribution is -2.60. The molecule has 1 aliphatic heterocycles. The normalized spacial score (nSPS) is 18.2. The predicted molar refractivity (Wildman–Crippen MR) is 94.6 cm³/mol. The zero-order chi connectivity index (χ0) is 19.0. The highest BCUT2D eigenvalue weighted by atomic mass is 16.5. The zero-order valence-electron chi connectivity index (χ0n) is 14.9.